The molecule has 2 heterocycles. The zero-order valence-corrected chi connectivity index (χ0v) is 12.5. The minimum Gasteiger partial charge on any atom is -0.465 e. The number of hydrogen-bond donors (Lipinski definition) is 0. The molecule has 0 radical (unpaired) electrons. The highest BCUT2D eigenvalue weighted by Crippen LogP contribution is 2.29. The normalized spacial score (nSPS) is 13.7. The highest BCUT2D eigenvalue weighted by Gasteiger charge is 2.25. The van der Waals surface area contributed by atoms with Crippen molar-refractivity contribution in [2.24, 2.45) is 0 Å². The number of amides is 1. The molecule has 0 saturated carbocycles. The van der Waals surface area contributed by atoms with Gasteiger partial charge in [-0.1, -0.05) is 18.2 Å². The lowest BCUT2D eigenvalue weighted by atomic mass is 10.1. The number of nitrogens with zero attached hydrogens (tertiary/aromatic N) is 1. The summed E-state index contributed by atoms with van der Waals surface area (Å²) in [5.74, 6) is -0.276. The molecule has 3 rings (SSSR count). The fourth-order valence-electron chi connectivity index (χ4n) is 2.47. The highest BCUT2D eigenvalue weighted by molar-refractivity contribution is 7.14. The molecule has 0 bridgehead atoms. The van der Waals surface area contributed by atoms with E-state index in [0.29, 0.717) is 23.5 Å². The second-order valence-corrected chi connectivity index (χ2v) is 6.03. The monoisotopic (exact) mass is 301 g/mol. The van der Waals surface area contributed by atoms with Crippen molar-refractivity contribution in [2.75, 3.05) is 13.7 Å². The van der Waals surface area contributed by atoms with Gasteiger partial charge in [0.1, 0.15) is 4.88 Å². The molecule has 0 atom stereocenters. The Morgan fingerprint density at radius 3 is 2.71 bits per heavy atom. The van der Waals surface area contributed by atoms with E-state index in [1.807, 2.05) is 41.3 Å². The molecule has 0 aliphatic carbocycles. The Morgan fingerprint density at radius 2 is 2.00 bits per heavy atom. The lowest BCUT2D eigenvalue weighted by Crippen LogP contribution is -2.35. The van der Waals surface area contributed by atoms with Crippen molar-refractivity contribution in [2.45, 2.75) is 13.0 Å². The Morgan fingerprint density at radius 1 is 1.24 bits per heavy atom. The van der Waals surface area contributed by atoms with Gasteiger partial charge in [-0.25, -0.2) is 4.79 Å². The van der Waals surface area contributed by atoms with Gasteiger partial charge in [-0.05, 0) is 30.2 Å². The van der Waals surface area contributed by atoms with Crippen LogP contribution in [-0.4, -0.2) is 30.4 Å². The quantitative estimate of drug-likeness (QED) is 0.801. The van der Waals surface area contributed by atoms with Crippen LogP contribution in [0.3, 0.4) is 0 Å². The van der Waals surface area contributed by atoms with E-state index in [2.05, 4.69) is 0 Å². The van der Waals surface area contributed by atoms with Crippen LogP contribution in [0.1, 0.15) is 30.5 Å². The standard InChI is InChI=1S/C16H15NO3S/c1-20-16(19)14-9-12-10-17(8-7-13(12)21-14)15(18)11-5-3-2-4-6-11/h2-6,9H,7-8,10H2,1H3. The summed E-state index contributed by atoms with van der Waals surface area (Å²) < 4.78 is 4.75. The second kappa shape index (κ2) is 5.69. The molecule has 4 nitrogen and oxygen atoms in total. The number of hydrogen-bond acceptors (Lipinski definition) is 4. The average molecular weight is 301 g/mol. The van der Waals surface area contributed by atoms with E-state index in [1.165, 1.54) is 23.3 Å². The van der Waals surface area contributed by atoms with E-state index in [1.54, 1.807) is 0 Å². The second-order valence-electron chi connectivity index (χ2n) is 4.89. The third kappa shape index (κ3) is 2.69. The number of carbonyl (C=O) groups is 2. The third-order valence-corrected chi connectivity index (χ3v) is 4.78. The van der Waals surface area contributed by atoms with Gasteiger partial charge < -0.3 is 9.64 Å². The van der Waals surface area contributed by atoms with E-state index in [9.17, 15) is 9.59 Å². The summed E-state index contributed by atoms with van der Waals surface area (Å²) in [6, 6.07) is 11.1. The molecule has 1 aliphatic heterocycles. The van der Waals surface area contributed by atoms with Crippen molar-refractivity contribution < 1.29 is 14.3 Å². The summed E-state index contributed by atoms with van der Waals surface area (Å²) in [7, 11) is 1.38. The van der Waals surface area contributed by atoms with Crippen molar-refractivity contribution in [3.63, 3.8) is 0 Å². The average Bonchev–Trinajstić information content (AvgIpc) is 2.97. The van der Waals surface area contributed by atoms with Crippen LogP contribution in [0.2, 0.25) is 0 Å². The van der Waals surface area contributed by atoms with Crippen LogP contribution >= 0.6 is 11.3 Å². The summed E-state index contributed by atoms with van der Waals surface area (Å²) in [5, 5.41) is 0. The van der Waals surface area contributed by atoms with Crippen LogP contribution in [-0.2, 0) is 17.7 Å². The predicted molar refractivity (Wildman–Crippen MR) is 80.5 cm³/mol. The highest BCUT2D eigenvalue weighted by atomic mass is 32.1. The molecule has 108 valence electrons. The largest absolute Gasteiger partial charge is 0.465 e. The number of methoxy groups -OCH3 is 1. The first-order valence-electron chi connectivity index (χ1n) is 6.73. The fourth-order valence-corrected chi connectivity index (χ4v) is 3.55. The van der Waals surface area contributed by atoms with Gasteiger partial charge in [-0.3, -0.25) is 4.79 Å². The van der Waals surface area contributed by atoms with Gasteiger partial charge in [0.15, 0.2) is 0 Å². The van der Waals surface area contributed by atoms with Gasteiger partial charge in [-0.2, -0.15) is 0 Å². The number of benzene rings is 1. The molecule has 1 aliphatic rings. The van der Waals surface area contributed by atoms with Crippen molar-refractivity contribution in [3.05, 3.63) is 57.3 Å². The predicted octanol–water partition coefficient (Wildman–Crippen LogP) is 2.73. The molecule has 2 aromatic rings. The van der Waals surface area contributed by atoms with E-state index >= 15 is 0 Å². The maximum atomic E-state index is 12.4. The van der Waals surface area contributed by atoms with Crippen LogP contribution in [0.25, 0.3) is 0 Å². The van der Waals surface area contributed by atoms with Gasteiger partial charge in [0.2, 0.25) is 0 Å². The Bertz CT molecular complexity index is 678. The van der Waals surface area contributed by atoms with E-state index in [4.69, 9.17) is 4.74 Å². The first kappa shape index (κ1) is 13.8. The maximum Gasteiger partial charge on any atom is 0.348 e. The third-order valence-electron chi connectivity index (χ3n) is 3.56. The number of rotatable bonds is 2. The van der Waals surface area contributed by atoms with Crippen molar-refractivity contribution in [1.82, 2.24) is 4.90 Å². The number of carbonyl (C=O) groups excluding carboxylic acids is 2. The van der Waals surface area contributed by atoms with Crippen LogP contribution in [0, 0.1) is 0 Å². The SMILES string of the molecule is COC(=O)c1cc2c(s1)CCN(C(=O)c1ccccc1)C2. The smallest absolute Gasteiger partial charge is 0.348 e. The van der Waals surface area contributed by atoms with Crippen LogP contribution < -0.4 is 0 Å². The number of fused-ring (bicyclic) bond motifs is 1. The minimum atomic E-state index is -0.310. The first-order valence-corrected chi connectivity index (χ1v) is 7.55. The van der Waals surface area contributed by atoms with Gasteiger partial charge in [-0.15, -0.1) is 11.3 Å². The summed E-state index contributed by atoms with van der Waals surface area (Å²) in [6.45, 7) is 1.23. The van der Waals surface area contributed by atoms with Crippen LogP contribution in [0.4, 0.5) is 0 Å². The van der Waals surface area contributed by atoms with E-state index < -0.39 is 0 Å². The molecule has 0 fully saturated rings. The van der Waals surface area contributed by atoms with Crippen LogP contribution in [0.15, 0.2) is 36.4 Å². The Labute approximate surface area is 127 Å². The summed E-state index contributed by atoms with van der Waals surface area (Å²) in [5.41, 5.74) is 1.75. The number of thiophene rings is 1. The van der Waals surface area contributed by atoms with Gasteiger partial charge in [0.05, 0.1) is 7.11 Å². The summed E-state index contributed by atoms with van der Waals surface area (Å²) in [6.07, 6.45) is 0.787. The Balaban J connectivity index is 1.80. The number of esters is 1. The molecule has 0 unspecified atom stereocenters. The molecule has 21 heavy (non-hydrogen) atoms. The molecule has 1 aromatic carbocycles. The van der Waals surface area contributed by atoms with Gasteiger partial charge in [0.25, 0.3) is 5.91 Å². The topological polar surface area (TPSA) is 46.6 Å². The molecular weight excluding hydrogens is 286 g/mol. The van der Waals surface area contributed by atoms with Crippen molar-refractivity contribution in [1.29, 1.82) is 0 Å². The summed E-state index contributed by atoms with van der Waals surface area (Å²) in [4.78, 5) is 27.6. The van der Waals surface area contributed by atoms with E-state index in [0.717, 1.165) is 12.0 Å². The van der Waals surface area contributed by atoms with E-state index in [-0.39, 0.29) is 11.9 Å². The Kier molecular flexibility index (Phi) is 3.75. The molecule has 0 saturated heterocycles. The fraction of sp³-hybridized carbons (Fsp3) is 0.250. The Hall–Kier alpha value is -2.14. The molecule has 1 aromatic heterocycles. The van der Waals surface area contributed by atoms with Crippen LogP contribution in [0.5, 0.6) is 0 Å². The van der Waals surface area contributed by atoms with Crippen molar-refractivity contribution in [3.8, 4) is 0 Å². The maximum absolute atomic E-state index is 12.4. The zero-order chi connectivity index (χ0) is 14.8. The van der Waals surface area contributed by atoms with Gasteiger partial charge in [0, 0.05) is 23.5 Å². The van der Waals surface area contributed by atoms with Crippen molar-refractivity contribution >= 4 is 23.2 Å². The number of ether oxygens (including phenoxy) is 1. The molecular formula is C16H15NO3S. The lowest BCUT2D eigenvalue weighted by Gasteiger charge is -2.27. The molecule has 0 N–H and O–H groups in total. The minimum absolute atomic E-state index is 0.0343. The summed E-state index contributed by atoms with van der Waals surface area (Å²) >= 11 is 1.47. The molecule has 0 spiro atoms. The van der Waals surface area contributed by atoms with Gasteiger partial charge >= 0.3 is 5.97 Å². The first-order chi connectivity index (χ1) is 10.2. The zero-order valence-electron chi connectivity index (χ0n) is 11.7. The molecule has 1 amide bonds. The lowest BCUT2D eigenvalue weighted by molar-refractivity contribution is 0.0606. The molecule has 5 heteroatoms.